The van der Waals surface area contributed by atoms with Gasteiger partial charge >= 0.3 is 12.2 Å². The van der Waals surface area contributed by atoms with Gasteiger partial charge in [-0.2, -0.15) is 5.26 Å². The molecule has 2 amide bonds. The quantitative estimate of drug-likeness (QED) is 0.596. The molecule has 0 fully saturated rings. The average Bonchev–Trinajstić information content (AvgIpc) is 2.75. The normalized spacial score (nSPS) is 9.76. The van der Waals surface area contributed by atoms with E-state index in [1.54, 1.807) is 0 Å². The van der Waals surface area contributed by atoms with E-state index in [4.69, 9.17) is 19.5 Å². The number of carbonyl (C=O) groups excluding carboxylic acids is 2. The first kappa shape index (κ1) is 21.6. The van der Waals surface area contributed by atoms with Crippen LogP contribution in [0.25, 0.3) is 0 Å². The van der Waals surface area contributed by atoms with E-state index < -0.39 is 12.2 Å². The van der Waals surface area contributed by atoms with Crippen LogP contribution in [0.3, 0.4) is 0 Å². The lowest BCUT2D eigenvalue weighted by Gasteiger charge is -2.10. The second kappa shape index (κ2) is 12.6. The van der Waals surface area contributed by atoms with Crippen molar-refractivity contribution in [2.24, 2.45) is 0 Å². The summed E-state index contributed by atoms with van der Waals surface area (Å²) in [6.45, 7) is 1.03. The van der Waals surface area contributed by atoms with Crippen LogP contribution in [0.4, 0.5) is 9.59 Å². The maximum absolute atomic E-state index is 11.8. The fourth-order valence-electron chi connectivity index (χ4n) is 2.30. The molecule has 0 saturated carbocycles. The SMILES string of the molecule is N#CCCOC(=O)NCc1cccc(CNC(=O)OCCOc2ccccc2)c1. The lowest BCUT2D eigenvalue weighted by atomic mass is 10.1. The highest BCUT2D eigenvalue weighted by Crippen LogP contribution is 2.08. The molecule has 0 aromatic heterocycles. The molecule has 2 N–H and O–H groups in total. The maximum atomic E-state index is 11.8. The summed E-state index contributed by atoms with van der Waals surface area (Å²) in [6, 6.07) is 18.6. The molecule has 29 heavy (non-hydrogen) atoms. The first-order valence-corrected chi connectivity index (χ1v) is 9.11. The molecule has 2 rings (SSSR count). The van der Waals surface area contributed by atoms with Gasteiger partial charge in [-0.3, -0.25) is 0 Å². The molecule has 0 spiro atoms. The highest BCUT2D eigenvalue weighted by atomic mass is 16.6. The van der Waals surface area contributed by atoms with Gasteiger partial charge < -0.3 is 24.8 Å². The van der Waals surface area contributed by atoms with Crippen LogP contribution >= 0.6 is 0 Å². The molecule has 0 saturated heterocycles. The van der Waals surface area contributed by atoms with E-state index in [-0.39, 0.29) is 32.8 Å². The Morgan fingerprint density at radius 3 is 2.07 bits per heavy atom. The van der Waals surface area contributed by atoms with Crippen molar-refractivity contribution in [3.8, 4) is 11.8 Å². The number of nitriles is 1. The van der Waals surface area contributed by atoms with Crippen molar-refractivity contribution in [2.75, 3.05) is 19.8 Å². The Bertz CT molecular complexity index is 821. The zero-order valence-electron chi connectivity index (χ0n) is 15.9. The number of rotatable bonds is 10. The standard InChI is InChI=1S/C21H23N3O5/c22-10-5-11-28-20(25)23-15-17-6-4-7-18(14-17)16-24-21(26)29-13-12-27-19-8-2-1-3-9-19/h1-4,6-9,14H,5,11-13,15-16H2,(H,23,25)(H,24,26). The summed E-state index contributed by atoms with van der Waals surface area (Å²) < 4.78 is 15.3. The van der Waals surface area contributed by atoms with E-state index in [1.165, 1.54) is 0 Å². The molecular formula is C21H23N3O5. The molecule has 8 nitrogen and oxygen atoms in total. The number of nitrogens with one attached hydrogen (secondary N) is 2. The van der Waals surface area contributed by atoms with Gasteiger partial charge in [0.1, 0.15) is 25.6 Å². The minimum Gasteiger partial charge on any atom is -0.490 e. The van der Waals surface area contributed by atoms with Crippen molar-refractivity contribution in [3.63, 3.8) is 0 Å². The Morgan fingerprint density at radius 2 is 1.45 bits per heavy atom. The predicted molar refractivity (Wildman–Crippen MR) is 105 cm³/mol. The van der Waals surface area contributed by atoms with Crippen LogP contribution in [-0.2, 0) is 22.6 Å². The number of hydrogen-bond acceptors (Lipinski definition) is 6. The molecule has 2 aromatic carbocycles. The molecule has 8 heteroatoms. The monoisotopic (exact) mass is 397 g/mol. The molecule has 0 bridgehead atoms. The van der Waals surface area contributed by atoms with Gasteiger partial charge in [0.25, 0.3) is 0 Å². The van der Waals surface area contributed by atoms with Gasteiger partial charge in [0.15, 0.2) is 0 Å². The van der Waals surface area contributed by atoms with Crippen LogP contribution in [-0.4, -0.2) is 32.0 Å². The highest BCUT2D eigenvalue weighted by Gasteiger charge is 2.05. The molecular weight excluding hydrogens is 374 g/mol. The second-order valence-corrected chi connectivity index (χ2v) is 5.87. The molecule has 152 valence electrons. The Balaban J connectivity index is 1.64. The Kier molecular flexibility index (Phi) is 9.39. The van der Waals surface area contributed by atoms with Crippen LogP contribution in [0.5, 0.6) is 5.75 Å². The molecule has 0 aliphatic carbocycles. The van der Waals surface area contributed by atoms with E-state index in [2.05, 4.69) is 10.6 Å². The first-order valence-electron chi connectivity index (χ1n) is 9.11. The van der Waals surface area contributed by atoms with Crippen LogP contribution in [0.2, 0.25) is 0 Å². The fourth-order valence-corrected chi connectivity index (χ4v) is 2.30. The van der Waals surface area contributed by atoms with Crippen molar-refractivity contribution in [1.29, 1.82) is 5.26 Å². The Labute approximate surface area is 169 Å². The van der Waals surface area contributed by atoms with Crippen molar-refractivity contribution in [2.45, 2.75) is 19.5 Å². The van der Waals surface area contributed by atoms with Gasteiger partial charge in [-0.25, -0.2) is 9.59 Å². The van der Waals surface area contributed by atoms with Crippen LogP contribution in [0.15, 0.2) is 54.6 Å². The molecule has 0 aliphatic heterocycles. The topological polar surface area (TPSA) is 110 Å². The molecule has 0 radical (unpaired) electrons. The third-order valence-corrected chi connectivity index (χ3v) is 3.64. The number of carbonyl (C=O) groups is 2. The second-order valence-electron chi connectivity index (χ2n) is 5.87. The average molecular weight is 397 g/mol. The lowest BCUT2D eigenvalue weighted by molar-refractivity contribution is 0.124. The Morgan fingerprint density at radius 1 is 0.828 bits per heavy atom. The minimum atomic E-state index is -0.579. The van der Waals surface area contributed by atoms with Gasteiger partial charge in [0.05, 0.1) is 12.5 Å². The summed E-state index contributed by atoms with van der Waals surface area (Å²) in [5.74, 6) is 0.718. The summed E-state index contributed by atoms with van der Waals surface area (Å²) in [5, 5.41) is 13.7. The summed E-state index contributed by atoms with van der Waals surface area (Å²) in [5.41, 5.74) is 1.71. The van der Waals surface area contributed by atoms with Crippen LogP contribution in [0, 0.1) is 11.3 Å². The molecule has 0 aliphatic rings. The van der Waals surface area contributed by atoms with Crippen LogP contribution in [0.1, 0.15) is 17.5 Å². The van der Waals surface area contributed by atoms with E-state index >= 15 is 0 Å². The summed E-state index contributed by atoms with van der Waals surface area (Å²) >= 11 is 0. The lowest BCUT2D eigenvalue weighted by Crippen LogP contribution is -2.26. The van der Waals surface area contributed by atoms with Gasteiger partial charge in [0, 0.05) is 13.1 Å². The predicted octanol–water partition coefficient (Wildman–Crippen LogP) is 3.13. The number of ether oxygens (including phenoxy) is 3. The largest absolute Gasteiger partial charge is 0.490 e. The van der Waals surface area contributed by atoms with Crippen molar-refractivity contribution in [3.05, 3.63) is 65.7 Å². The van der Waals surface area contributed by atoms with Crippen LogP contribution < -0.4 is 15.4 Å². The number of alkyl carbamates (subject to hydrolysis) is 2. The minimum absolute atomic E-state index is 0.0603. The third kappa shape index (κ3) is 9.15. The number of benzene rings is 2. The zero-order valence-corrected chi connectivity index (χ0v) is 15.9. The number of amides is 2. The first-order chi connectivity index (χ1) is 14.2. The van der Waals surface area contributed by atoms with E-state index in [9.17, 15) is 9.59 Å². The molecule has 2 aromatic rings. The maximum Gasteiger partial charge on any atom is 0.407 e. The van der Waals surface area contributed by atoms with Gasteiger partial charge in [-0.1, -0.05) is 42.5 Å². The van der Waals surface area contributed by atoms with E-state index in [0.717, 1.165) is 16.9 Å². The summed E-state index contributed by atoms with van der Waals surface area (Å²) in [6.07, 6.45) is -0.959. The third-order valence-electron chi connectivity index (χ3n) is 3.64. The number of para-hydroxylation sites is 1. The summed E-state index contributed by atoms with van der Waals surface area (Å²) in [7, 11) is 0. The summed E-state index contributed by atoms with van der Waals surface area (Å²) in [4.78, 5) is 23.2. The van der Waals surface area contributed by atoms with Crippen molar-refractivity contribution < 1.29 is 23.8 Å². The van der Waals surface area contributed by atoms with Gasteiger partial charge in [-0.15, -0.1) is 0 Å². The fraction of sp³-hybridized carbons (Fsp3) is 0.286. The molecule has 0 unspecified atom stereocenters. The smallest absolute Gasteiger partial charge is 0.407 e. The zero-order chi connectivity index (χ0) is 20.7. The van der Waals surface area contributed by atoms with E-state index in [0.29, 0.717) is 6.54 Å². The van der Waals surface area contributed by atoms with Crippen molar-refractivity contribution in [1.82, 2.24) is 10.6 Å². The molecule has 0 atom stereocenters. The Hall–Kier alpha value is -3.73. The highest BCUT2D eigenvalue weighted by molar-refractivity contribution is 5.67. The molecule has 0 heterocycles. The van der Waals surface area contributed by atoms with Crippen molar-refractivity contribution >= 4 is 12.2 Å². The van der Waals surface area contributed by atoms with Gasteiger partial charge in [0.2, 0.25) is 0 Å². The number of nitrogens with zero attached hydrogens (tertiary/aromatic N) is 1. The number of hydrogen-bond donors (Lipinski definition) is 2. The van der Waals surface area contributed by atoms with Gasteiger partial charge in [-0.05, 0) is 23.3 Å². The van der Waals surface area contributed by atoms with E-state index in [1.807, 2.05) is 60.7 Å².